The Labute approximate surface area is 122 Å². The molecule has 0 heterocycles. The number of halogens is 1. The van der Waals surface area contributed by atoms with Gasteiger partial charge in [-0.05, 0) is 40.7 Å². The number of benzene rings is 2. The second kappa shape index (κ2) is 4.66. The Bertz CT molecular complexity index is 643. The van der Waals surface area contributed by atoms with Crippen LogP contribution >= 0.6 is 11.6 Å². The molecule has 1 unspecified atom stereocenters. The summed E-state index contributed by atoms with van der Waals surface area (Å²) >= 11 is 6.78. The zero-order valence-corrected chi connectivity index (χ0v) is 13.9. The normalized spacial score (nSPS) is 15.6. The Kier molecular flexibility index (Phi) is 3.12. The minimum absolute atomic E-state index is 0.227. The van der Waals surface area contributed by atoms with Crippen molar-refractivity contribution in [3.8, 4) is 11.1 Å². The summed E-state index contributed by atoms with van der Waals surface area (Å²) in [4.78, 5) is 0. The van der Waals surface area contributed by atoms with Crippen LogP contribution in [0.25, 0.3) is 11.1 Å². The standard InChI is InChI=1S/C17H17ClSi/c1-2-10-17(18,19)16-9-5-8-14-13-7-4-3-6-12(13)11-15(14)16/h2-9H,1,10-11H2,19H3. The van der Waals surface area contributed by atoms with Crippen molar-refractivity contribution in [1.82, 2.24) is 0 Å². The minimum atomic E-state index is -0.227. The van der Waals surface area contributed by atoms with Crippen molar-refractivity contribution in [3.63, 3.8) is 0 Å². The van der Waals surface area contributed by atoms with Gasteiger partial charge < -0.3 is 0 Å². The van der Waals surface area contributed by atoms with Gasteiger partial charge in [0.1, 0.15) is 0 Å². The van der Waals surface area contributed by atoms with Gasteiger partial charge in [-0.2, -0.15) is 0 Å². The van der Waals surface area contributed by atoms with E-state index in [1.165, 1.54) is 27.8 Å². The molecule has 0 radical (unpaired) electrons. The fraction of sp³-hybridized carbons (Fsp3) is 0.176. The number of hydrogen-bond acceptors (Lipinski definition) is 0. The van der Waals surface area contributed by atoms with Crippen LogP contribution in [0.2, 0.25) is 0 Å². The summed E-state index contributed by atoms with van der Waals surface area (Å²) in [6.07, 6.45) is 3.78. The van der Waals surface area contributed by atoms with E-state index < -0.39 is 0 Å². The number of alkyl halides is 1. The maximum atomic E-state index is 6.78. The summed E-state index contributed by atoms with van der Waals surface area (Å²) in [6.45, 7) is 3.84. The molecule has 1 atom stereocenters. The third kappa shape index (κ3) is 2.07. The fourth-order valence-electron chi connectivity index (χ4n) is 3.03. The zero-order valence-electron chi connectivity index (χ0n) is 11.1. The molecule has 0 N–H and O–H groups in total. The predicted octanol–water partition coefficient (Wildman–Crippen LogP) is 3.59. The van der Waals surface area contributed by atoms with Crippen molar-refractivity contribution in [2.45, 2.75) is 17.3 Å². The van der Waals surface area contributed by atoms with Gasteiger partial charge in [-0.25, -0.2) is 0 Å². The van der Waals surface area contributed by atoms with Gasteiger partial charge in [0.15, 0.2) is 0 Å². The third-order valence-electron chi connectivity index (χ3n) is 3.94. The van der Waals surface area contributed by atoms with E-state index in [0.29, 0.717) is 0 Å². The molecule has 96 valence electrons. The molecule has 0 spiro atoms. The molecule has 0 nitrogen and oxygen atoms in total. The Morgan fingerprint density at radius 2 is 1.89 bits per heavy atom. The molecule has 2 aromatic carbocycles. The summed E-state index contributed by atoms with van der Waals surface area (Å²) in [5, 5.41) is 0. The van der Waals surface area contributed by atoms with Crippen molar-refractivity contribution in [2.75, 3.05) is 0 Å². The second-order valence-corrected chi connectivity index (χ2v) is 8.53. The average molecular weight is 285 g/mol. The van der Waals surface area contributed by atoms with E-state index in [1.54, 1.807) is 0 Å². The number of rotatable bonds is 3. The van der Waals surface area contributed by atoms with Crippen LogP contribution in [0.3, 0.4) is 0 Å². The number of hydrogen-bond donors (Lipinski definition) is 0. The molecule has 1 aliphatic rings. The molecule has 0 aromatic heterocycles. The van der Waals surface area contributed by atoms with E-state index in [-0.39, 0.29) is 4.50 Å². The van der Waals surface area contributed by atoms with Crippen LogP contribution in [-0.2, 0) is 10.9 Å². The minimum Gasteiger partial charge on any atom is -0.119 e. The molecule has 3 rings (SSSR count). The smallest absolute Gasteiger partial charge is 0.0547 e. The Morgan fingerprint density at radius 3 is 2.68 bits per heavy atom. The van der Waals surface area contributed by atoms with E-state index in [4.69, 9.17) is 11.6 Å². The molecule has 0 saturated carbocycles. The van der Waals surface area contributed by atoms with Crippen molar-refractivity contribution in [3.05, 3.63) is 71.8 Å². The van der Waals surface area contributed by atoms with Crippen LogP contribution in [0.1, 0.15) is 23.1 Å². The molecular weight excluding hydrogens is 268 g/mol. The fourth-order valence-corrected chi connectivity index (χ4v) is 4.07. The van der Waals surface area contributed by atoms with Gasteiger partial charge in [-0.3, -0.25) is 0 Å². The van der Waals surface area contributed by atoms with Gasteiger partial charge >= 0.3 is 0 Å². The van der Waals surface area contributed by atoms with Crippen molar-refractivity contribution < 1.29 is 0 Å². The quantitative estimate of drug-likeness (QED) is 0.392. The highest BCUT2D eigenvalue weighted by atomic mass is 35.5. The molecule has 2 heteroatoms. The van der Waals surface area contributed by atoms with Gasteiger partial charge in [0.25, 0.3) is 0 Å². The van der Waals surface area contributed by atoms with Crippen molar-refractivity contribution in [2.24, 2.45) is 0 Å². The lowest BCUT2D eigenvalue weighted by molar-refractivity contribution is 0.852. The Balaban J connectivity index is 2.16. The first-order chi connectivity index (χ1) is 9.13. The molecule has 0 fully saturated rings. The largest absolute Gasteiger partial charge is 0.119 e. The molecule has 0 bridgehead atoms. The number of fused-ring (bicyclic) bond motifs is 3. The molecule has 0 amide bonds. The van der Waals surface area contributed by atoms with Gasteiger partial charge in [0.2, 0.25) is 0 Å². The van der Waals surface area contributed by atoms with Crippen molar-refractivity contribution in [1.29, 1.82) is 0 Å². The summed E-state index contributed by atoms with van der Waals surface area (Å²) in [7, 11) is 0.919. The molecule has 2 aromatic rings. The maximum absolute atomic E-state index is 6.78. The van der Waals surface area contributed by atoms with E-state index in [0.717, 1.165) is 23.1 Å². The van der Waals surface area contributed by atoms with Crippen LogP contribution in [-0.4, -0.2) is 10.2 Å². The molecule has 0 saturated heterocycles. The molecule has 19 heavy (non-hydrogen) atoms. The molecule has 0 aliphatic heterocycles. The maximum Gasteiger partial charge on any atom is 0.0547 e. The SMILES string of the molecule is C=CCC([SiH3])(Cl)c1cccc2c1Cc1ccccc1-2. The first-order valence-corrected chi connectivity index (χ1v) is 8.02. The summed E-state index contributed by atoms with van der Waals surface area (Å²) in [6, 6.07) is 15.2. The Hall–Kier alpha value is -1.31. The third-order valence-corrected chi connectivity index (χ3v) is 5.24. The van der Waals surface area contributed by atoms with Crippen LogP contribution in [0, 0.1) is 0 Å². The van der Waals surface area contributed by atoms with E-state index in [1.807, 2.05) is 6.08 Å². The first kappa shape index (κ1) is 12.7. The van der Waals surface area contributed by atoms with Crippen LogP contribution in [0.5, 0.6) is 0 Å². The molecule has 1 aliphatic carbocycles. The highest BCUT2D eigenvalue weighted by Crippen LogP contribution is 2.43. The van der Waals surface area contributed by atoms with Gasteiger partial charge in [0, 0.05) is 10.2 Å². The van der Waals surface area contributed by atoms with E-state index >= 15 is 0 Å². The number of allylic oxidation sites excluding steroid dienone is 1. The van der Waals surface area contributed by atoms with Crippen molar-refractivity contribution >= 4 is 21.8 Å². The Morgan fingerprint density at radius 1 is 1.16 bits per heavy atom. The summed E-state index contributed by atoms with van der Waals surface area (Å²) < 4.78 is -0.227. The van der Waals surface area contributed by atoms with Crippen LogP contribution in [0.15, 0.2) is 55.1 Å². The lowest BCUT2D eigenvalue weighted by Crippen LogP contribution is -2.19. The average Bonchev–Trinajstić information content (AvgIpc) is 2.76. The lowest BCUT2D eigenvalue weighted by atomic mass is 9.97. The van der Waals surface area contributed by atoms with E-state index in [9.17, 15) is 0 Å². The highest BCUT2D eigenvalue weighted by molar-refractivity contribution is 6.44. The lowest BCUT2D eigenvalue weighted by Gasteiger charge is -2.24. The van der Waals surface area contributed by atoms with Crippen LogP contribution in [0.4, 0.5) is 0 Å². The summed E-state index contributed by atoms with van der Waals surface area (Å²) in [5.74, 6) is 0. The van der Waals surface area contributed by atoms with Gasteiger partial charge in [-0.15, -0.1) is 18.2 Å². The van der Waals surface area contributed by atoms with E-state index in [2.05, 4.69) is 49.0 Å². The summed E-state index contributed by atoms with van der Waals surface area (Å²) in [5.41, 5.74) is 6.85. The van der Waals surface area contributed by atoms with Gasteiger partial charge in [0.05, 0.1) is 4.50 Å². The monoisotopic (exact) mass is 284 g/mol. The highest BCUT2D eigenvalue weighted by Gasteiger charge is 2.29. The van der Waals surface area contributed by atoms with Crippen LogP contribution < -0.4 is 0 Å². The first-order valence-electron chi connectivity index (χ1n) is 6.64. The zero-order chi connectivity index (χ0) is 13.5. The van der Waals surface area contributed by atoms with Gasteiger partial charge in [-0.1, -0.05) is 48.5 Å². The second-order valence-electron chi connectivity index (χ2n) is 5.36. The topological polar surface area (TPSA) is 0 Å². The predicted molar refractivity (Wildman–Crippen MR) is 87.0 cm³/mol. The molecular formula is C17H17ClSi.